The first-order valence-corrected chi connectivity index (χ1v) is 9.38. The zero-order chi connectivity index (χ0) is 21.3. The maximum absolute atomic E-state index is 14.4. The molecule has 0 radical (unpaired) electrons. The topological polar surface area (TPSA) is 133 Å². The number of nitrogens with two attached hydrogens (primary N) is 1. The summed E-state index contributed by atoms with van der Waals surface area (Å²) in [5, 5.41) is 19.2. The van der Waals surface area contributed by atoms with Crippen LogP contribution in [0.4, 0.5) is 10.1 Å². The summed E-state index contributed by atoms with van der Waals surface area (Å²) in [4.78, 5) is 35.9. The Morgan fingerprint density at radius 3 is 2.66 bits per heavy atom. The molecule has 7 nitrogen and oxygen atoms in total. The average Bonchev–Trinajstić information content (AvgIpc) is 2.63. The molecule has 29 heavy (non-hydrogen) atoms. The summed E-state index contributed by atoms with van der Waals surface area (Å²) >= 11 is 0. The molecule has 0 bridgehead atoms. The molecule has 0 heterocycles. The first-order chi connectivity index (χ1) is 13.7. The van der Waals surface area contributed by atoms with Crippen molar-refractivity contribution in [2.75, 3.05) is 5.32 Å². The number of carboxylic acid groups (broad SMARTS) is 1. The van der Waals surface area contributed by atoms with Gasteiger partial charge in [-0.25, -0.2) is 4.39 Å². The smallest absolute Gasteiger partial charge is 0.304 e. The molecule has 0 spiro atoms. The molecule has 2 aromatic rings. The maximum Gasteiger partial charge on any atom is 0.304 e. The van der Waals surface area contributed by atoms with Gasteiger partial charge in [0, 0.05) is 22.7 Å². The molecule has 0 saturated carbocycles. The Morgan fingerprint density at radius 1 is 1.31 bits per heavy atom. The number of aryl methyl sites for hydroxylation is 1. The van der Waals surface area contributed by atoms with Crippen molar-refractivity contribution in [2.24, 2.45) is 11.7 Å². The number of hydrogen-bond donors (Lipinski definition) is 4. The molecule has 0 fully saturated rings. The van der Waals surface area contributed by atoms with Crippen LogP contribution in [0.5, 0.6) is 0 Å². The van der Waals surface area contributed by atoms with Crippen LogP contribution in [-0.4, -0.2) is 28.6 Å². The van der Waals surface area contributed by atoms with Crippen LogP contribution in [0.2, 0.25) is 0 Å². The second kappa shape index (κ2) is 8.09. The second-order valence-corrected chi connectivity index (χ2v) is 7.48. The number of benzene rings is 2. The van der Waals surface area contributed by atoms with Crippen molar-refractivity contribution in [2.45, 2.75) is 19.3 Å². The summed E-state index contributed by atoms with van der Waals surface area (Å²) in [6.45, 7) is 0. The van der Waals surface area contributed by atoms with Crippen LogP contribution in [-0.2, 0) is 11.2 Å². The first kappa shape index (κ1) is 20.6. The Balaban J connectivity index is 1.82. The summed E-state index contributed by atoms with van der Waals surface area (Å²) < 4.78 is 14.4. The molecule has 9 heteroatoms. The van der Waals surface area contributed by atoms with E-state index in [0.29, 0.717) is 29.7 Å². The molecule has 1 amide bonds. The molecular formula is C20H19FN3O4P. The van der Waals surface area contributed by atoms with E-state index in [1.54, 1.807) is 12.1 Å². The molecule has 0 aliphatic heterocycles. The lowest BCUT2D eigenvalue weighted by Gasteiger charge is -2.22. The van der Waals surface area contributed by atoms with Crippen molar-refractivity contribution in [3.63, 3.8) is 0 Å². The minimum Gasteiger partial charge on any atom is -0.481 e. The monoisotopic (exact) mass is 415 g/mol. The fourth-order valence-electron chi connectivity index (χ4n) is 3.42. The number of halogens is 1. The van der Waals surface area contributed by atoms with Gasteiger partial charge in [-0.05, 0) is 54.0 Å². The SMILES string of the molecule is N=C(N)c1cc(F)c(C(=O)Nc2ccc3c(c2)CCC(CC(=O)O)C3=O)c(P)c1. The average molecular weight is 415 g/mol. The number of amidine groups is 1. The first-order valence-electron chi connectivity index (χ1n) is 8.81. The minimum absolute atomic E-state index is 0.173. The Labute approximate surface area is 168 Å². The quantitative estimate of drug-likeness (QED) is 0.337. The van der Waals surface area contributed by atoms with Crippen molar-refractivity contribution < 1.29 is 23.9 Å². The van der Waals surface area contributed by atoms with Crippen LogP contribution in [0.3, 0.4) is 0 Å². The number of anilines is 1. The highest BCUT2D eigenvalue weighted by molar-refractivity contribution is 7.27. The Hall–Kier alpha value is -3.12. The summed E-state index contributed by atoms with van der Waals surface area (Å²) in [6, 6.07) is 7.19. The Morgan fingerprint density at radius 2 is 2.03 bits per heavy atom. The lowest BCUT2D eigenvalue weighted by Crippen LogP contribution is -2.25. The van der Waals surface area contributed by atoms with Crippen molar-refractivity contribution in [1.82, 2.24) is 0 Å². The summed E-state index contributed by atoms with van der Waals surface area (Å²) in [6.07, 6.45) is 0.731. The molecule has 1 aliphatic rings. The van der Waals surface area contributed by atoms with Crippen LogP contribution in [0.25, 0.3) is 0 Å². The molecule has 150 valence electrons. The van der Waals surface area contributed by atoms with Gasteiger partial charge in [-0.1, -0.05) is 0 Å². The fraction of sp³-hybridized carbons (Fsp3) is 0.200. The minimum atomic E-state index is -1.01. The van der Waals surface area contributed by atoms with Gasteiger partial charge in [0.15, 0.2) is 5.78 Å². The highest BCUT2D eigenvalue weighted by atomic mass is 31.0. The predicted molar refractivity (Wildman–Crippen MR) is 110 cm³/mol. The van der Waals surface area contributed by atoms with E-state index < -0.39 is 23.6 Å². The Bertz CT molecular complexity index is 1030. The zero-order valence-corrected chi connectivity index (χ0v) is 16.4. The van der Waals surface area contributed by atoms with Gasteiger partial charge in [-0.3, -0.25) is 19.8 Å². The number of carbonyl (C=O) groups is 3. The molecule has 2 aromatic carbocycles. The van der Waals surface area contributed by atoms with Crippen LogP contribution < -0.4 is 16.4 Å². The van der Waals surface area contributed by atoms with E-state index in [0.717, 1.165) is 6.07 Å². The molecule has 3 rings (SSSR count). The van der Waals surface area contributed by atoms with Gasteiger partial charge < -0.3 is 16.2 Å². The molecular weight excluding hydrogens is 396 g/mol. The number of Topliss-reactive ketones (excluding diaryl/α,β-unsaturated/α-hetero) is 1. The van der Waals surface area contributed by atoms with E-state index in [9.17, 15) is 18.8 Å². The van der Waals surface area contributed by atoms with Gasteiger partial charge in [0.2, 0.25) is 0 Å². The molecule has 1 aliphatic carbocycles. The third kappa shape index (κ3) is 4.32. The largest absolute Gasteiger partial charge is 0.481 e. The van der Waals surface area contributed by atoms with E-state index in [2.05, 4.69) is 14.6 Å². The van der Waals surface area contributed by atoms with Crippen molar-refractivity contribution in [1.29, 1.82) is 5.41 Å². The van der Waals surface area contributed by atoms with Crippen molar-refractivity contribution >= 4 is 43.7 Å². The molecule has 2 atom stereocenters. The third-order valence-electron chi connectivity index (χ3n) is 4.84. The van der Waals surface area contributed by atoms with E-state index in [1.165, 1.54) is 12.1 Å². The van der Waals surface area contributed by atoms with Crippen molar-refractivity contribution in [3.8, 4) is 0 Å². The van der Waals surface area contributed by atoms with Gasteiger partial charge in [-0.2, -0.15) is 0 Å². The Kier molecular flexibility index (Phi) is 5.75. The van der Waals surface area contributed by atoms with Crippen LogP contribution in [0.15, 0.2) is 30.3 Å². The number of fused-ring (bicyclic) bond motifs is 1. The van der Waals surface area contributed by atoms with Gasteiger partial charge in [0.25, 0.3) is 5.91 Å². The number of amides is 1. The van der Waals surface area contributed by atoms with E-state index >= 15 is 0 Å². The summed E-state index contributed by atoms with van der Waals surface area (Å²) in [5.41, 5.74) is 6.91. The summed E-state index contributed by atoms with van der Waals surface area (Å²) in [7, 11) is 2.25. The number of carboxylic acids is 1. The highest BCUT2D eigenvalue weighted by Gasteiger charge is 2.29. The van der Waals surface area contributed by atoms with E-state index in [1.807, 2.05) is 0 Å². The molecule has 0 saturated heterocycles. The molecule has 2 unspecified atom stereocenters. The van der Waals surface area contributed by atoms with E-state index in [-0.39, 0.29) is 34.5 Å². The van der Waals surface area contributed by atoms with Gasteiger partial charge in [-0.15, -0.1) is 9.24 Å². The number of aliphatic carboxylic acids is 1. The number of carbonyl (C=O) groups excluding carboxylic acids is 2. The van der Waals surface area contributed by atoms with Crippen LogP contribution in [0.1, 0.15) is 44.7 Å². The van der Waals surface area contributed by atoms with Gasteiger partial charge in [0.1, 0.15) is 11.7 Å². The lowest BCUT2D eigenvalue weighted by atomic mass is 9.81. The van der Waals surface area contributed by atoms with Crippen LogP contribution >= 0.6 is 9.24 Å². The maximum atomic E-state index is 14.4. The predicted octanol–water partition coefficient (Wildman–Crippen LogP) is 2.08. The standard InChI is InChI=1S/C20H19FN3O4P/c21-14-6-11(19(22)23)7-15(29)17(14)20(28)24-12-3-4-13-9(5-12)1-2-10(18(13)27)8-16(25)26/h3-7,10H,1-2,8,29H2,(H3,22,23)(H,24,28)(H,25,26). The number of rotatable bonds is 5. The number of nitrogen functional groups attached to an aromatic ring is 1. The normalized spacial score (nSPS) is 15.5. The number of nitrogens with one attached hydrogen (secondary N) is 2. The third-order valence-corrected chi connectivity index (χ3v) is 5.30. The van der Waals surface area contributed by atoms with Gasteiger partial charge in [0.05, 0.1) is 12.0 Å². The number of ketones is 1. The van der Waals surface area contributed by atoms with Crippen LogP contribution in [0, 0.1) is 17.1 Å². The summed E-state index contributed by atoms with van der Waals surface area (Å²) in [5.74, 6) is -3.56. The van der Waals surface area contributed by atoms with Crippen molar-refractivity contribution in [3.05, 3.63) is 58.4 Å². The molecule has 0 aromatic heterocycles. The second-order valence-electron chi connectivity index (χ2n) is 6.86. The zero-order valence-electron chi connectivity index (χ0n) is 15.3. The number of hydrogen-bond acceptors (Lipinski definition) is 4. The fourth-order valence-corrected chi connectivity index (χ4v) is 3.87. The highest BCUT2D eigenvalue weighted by Crippen LogP contribution is 2.30. The van der Waals surface area contributed by atoms with E-state index in [4.69, 9.17) is 16.2 Å². The van der Waals surface area contributed by atoms with Gasteiger partial charge >= 0.3 is 5.97 Å². The lowest BCUT2D eigenvalue weighted by molar-refractivity contribution is -0.137. The molecule has 5 N–H and O–H groups in total.